The lowest BCUT2D eigenvalue weighted by molar-refractivity contribution is 0.102. The summed E-state index contributed by atoms with van der Waals surface area (Å²) in [5, 5.41) is 13.2. The van der Waals surface area contributed by atoms with Gasteiger partial charge >= 0.3 is 0 Å². The number of amides is 1. The number of aliphatic hydroxyl groups is 1. The molecule has 0 bridgehead atoms. The van der Waals surface area contributed by atoms with Gasteiger partial charge in [-0.25, -0.2) is 13.8 Å². The summed E-state index contributed by atoms with van der Waals surface area (Å²) < 4.78 is 35.9. The van der Waals surface area contributed by atoms with E-state index in [2.05, 4.69) is 27.0 Å². The Morgan fingerprint density at radius 1 is 1.19 bits per heavy atom. The van der Waals surface area contributed by atoms with Gasteiger partial charge in [-0.2, -0.15) is 0 Å². The number of aromatic nitrogens is 3. The van der Waals surface area contributed by atoms with Gasteiger partial charge < -0.3 is 25.0 Å². The summed E-state index contributed by atoms with van der Waals surface area (Å²) in [7, 11) is 1.59. The van der Waals surface area contributed by atoms with Crippen LogP contribution in [0.4, 0.5) is 25.8 Å². The van der Waals surface area contributed by atoms with E-state index < -0.39 is 23.1 Å². The summed E-state index contributed by atoms with van der Waals surface area (Å²) in [6.45, 7) is 3.44. The quantitative estimate of drug-likeness (QED) is 0.142. The van der Waals surface area contributed by atoms with Crippen molar-refractivity contribution >= 4 is 52.5 Å². The number of carbonyl (C=O) groups excluding carboxylic acids is 1. The van der Waals surface area contributed by atoms with Crippen molar-refractivity contribution < 1.29 is 23.4 Å². The van der Waals surface area contributed by atoms with Gasteiger partial charge in [0, 0.05) is 37.7 Å². The molecular formula is C30H26F2N6O4S. The van der Waals surface area contributed by atoms with Gasteiger partial charge in [-0.15, -0.1) is 11.8 Å². The number of nitrogens with zero attached hydrogens (tertiary/aromatic N) is 4. The number of rotatable bonds is 10. The number of hydrogen-bond donors (Lipinski definition) is 3. The number of halogens is 2. The van der Waals surface area contributed by atoms with Crippen molar-refractivity contribution in [2.75, 3.05) is 36.7 Å². The second kappa shape index (κ2) is 12.5. The monoisotopic (exact) mass is 604 g/mol. The Hall–Kier alpha value is -5.01. The molecule has 5 rings (SSSR count). The van der Waals surface area contributed by atoms with Crippen LogP contribution in [0.3, 0.4) is 0 Å². The maximum absolute atomic E-state index is 15.2. The Balaban J connectivity index is 1.56. The topological polar surface area (TPSA) is 125 Å². The van der Waals surface area contributed by atoms with Crippen LogP contribution in [-0.4, -0.2) is 58.7 Å². The number of ether oxygens (including phenoxy) is 1. The minimum absolute atomic E-state index is 0.0573. The molecule has 0 aliphatic heterocycles. The van der Waals surface area contributed by atoms with Crippen LogP contribution in [0.15, 0.2) is 81.8 Å². The predicted octanol–water partition coefficient (Wildman–Crippen LogP) is 5.52. The molecule has 0 saturated heterocycles. The van der Waals surface area contributed by atoms with Crippen LogP contribution in [0, 0.1) is 11.6 Å². The maximum Gasteiger partial charge on any atom is 0.271 e. The van der Waals surface area contributed by atoms with Crippen LogP contribution in [0.2, 0.25) is 0 Å². The minimum Gasteiger partial charge on any atom is -0.453 e. The first kappa shape index (κ1) is 29.5. The van der Waals surface area contributed by atoms with Crippen molar-refractivity contribution in [1.29, 1.82) is 0 Å². The molecule has 0 aliphatic carbocycles. The number of nitrogens with one attached hydrogen (secondary N) is 2. The molecule has 0 saturated carbocycles. The molecule has 0 spiro atoms. The first-order chi connectivity index (χ1) is 20.8. The first-order valence-corrected chi connectivity index (χ1v) is 14.1. The number of benzene rings is 2. The van der Waals surface area contributed by atoms with E-state index in [-0.39, 0.29) is 41.5 Å². The van der Waals surface area contributed by atoms with E-state index in [1.165, 1.54) is 63.8 Å². The molecule has 3 N–H and O–H groups in total. The largest absolute Gasteiger partial charge is 0.453 e. The number of aliphatic hydroxyl groups excluding tert-OH is 1. The van der Waals surface area contributed by atoms with Crippen LogP contribution in [0.1, 0.15) is 10.4 Å². The molecule has 2 aromatic carbocycles. The van der Waals surface area contributed by atoms with Crippen LogP contribution in [0.25, 0.3) is 16.7 Å². The van der Waals surface area contributed by atoms with Crippen LogP contribution in [-0.2, 0) is 0 Å². The highest BCUT2D eigenvalue weighted by atomic mass is 32.2. The molecule has 0 aliphatic rings. The number of aliphatic imine (C=N–C) groups is 1. The molecule has 10 nitrogen and oxygen atoms in total. The first-order valence-electron chi connectivity index (χ1n) is 12.9. The standard InChI is InChI=1S/C30H26F2N6O4S/c1-33-25-26(37(2)14-15-39)24(29(41)38(30(25)43-3)19-7-4-17(31)5-8-19)28(40)36-18-6-9-23(21(32)16-18)42-22-11-13-35-27-20(22)10-12-34-27/h4-13,16,39H,1,14-15H2,2-3H3,(H,34,35)(H,36,40). The number of likely N-dealkylation sites (N-methyl/N-ethyl adjacent to an activating group) is 1. The van der Waals surface area contributed by atoms with Gasteiger partial charge in [-0.05, 0) is 61.5 Å². The molecule has 1 amide bonds. The molecule has 0 unspecified atom stereocenters. The molecule has 43 heavy (non-hydrogen) atoms. The third kappa shape index (κ3) is 5.72. The molecule has 3 heterocycles. The number of H-pyrrole nitrogens is 1. The Labute approximate surface area is 248 Å². The molecule has 13 heteroatoms. The van der Waals surface area contributed by atoms with Crippen molar-refractivity contribution in [2.24, 2.45) is 4.99 Å². The molecule has 3 aromatic heterocycles. The summed E-state index contributed by atoms with van der Waals surface area (Å²) >= 11 is 1.18. The lowest BCUT2D eigenvalue weighted by Crippen LogP contribution is -2.34. The van der Waals surface area contributed by atoms with Crippen molar-refractivity contribution in [3.05, 3.63) is 94.5 Å². The number of carbonyl (C=O) groups is 1. The van der Waals surface area contributed by atoms with Crippen molar-refractivity contribution in [3.8, 4) is 17.2 Å². The highest BCUT2D eigenvalue weighted by Gasteiger charge is 2.29. The predicted molar refractivity (Wildman–Crippen MR) is 164 cm³/mol. The average Bonchev–Trinajstić information content (AvgIpc) is 3.48. The lowest BCUT2D eigenvalue weighted by atomic mass is 10.1. The number of aromatic amines is 1. The average molecular weight is 605 g/mol. The van der Waals surface area contributed by atoms with Crippen molar-refractivity contribution in [1.82, 2.24) is 14.5 Å². The normalized spacial score (nSPS) is 11.0. The smallest absolute Gasteiger partial charge is 0.271 e. The zero-order valence-electron chi connectivity index (χ0n) is 23.1. The maximum atomic E-state index is 15.2. The van der Waals surface area contributed by atoms with Gasteiger partial charge in [0.15, 0.2) is 11.6 Å². The van der Waals surface area contributed by atoms with Gasteiger partial charge in [-0.3, -0.25) is 19.1 Å². The van der Waals surface area contributed by atoms with Crippen molar-refractivity contribution in [2.45, 2.75) is 5.03 Å². The highest BCUT2D eigenvalue weighted by Crippen LogP contribution is 2.39. The van der Waals surface area contributed by atoms with Gasteiger partial charge in [-0.1, -0.05) is 0 Å². The fourth-order valence-electron chi connectivity index (χ4n) is 4.62. The van der Waals surface area contributed by atoms with Gasteiger partial charge in [0.2, 0.25) is 0 Å². The van der Waals surface area contributed by atoms with Gasteiger partial charge in [0.25, 0.3) is 11.5 Å². The molecular weight excluding hydrogens is 578 g/mol. The van der Waals surface area contributed by atoms with Gasteiger partial charge in [0.1, 0.15) is 33.5 Å². The third-order valence-electron chi connectivity index (χ3n) is 6.59. The third-order valence-corrected chi connectivity index (χ3v) is 7.36. The van der Waals surface area contributed by atoms with Crippen LogP contribution in [0.5, 0.6) is 11.5 Å². The summed E-state index contributed by atoms with van der Waals surface area (Å²) in [4.78, 5) is 40.6. The number of anilines is 2. The SMILES string of the molecule is C=Nc1c(N(C)CCO)c(C(=O)Nc2ccc(Oc3ccnc4[nH]ccc34)c(F)c2)c(=O)n(-c2ccc(F)cc2)c1SC. The van der Waals surface area contributed by atoms with E-state index in [9.17, 15) is 19.1 Å². The molecule has 0 fully saturated rings. The minimum atomic E-state index is -0.852. The van der Waals surface area contributed by atoms with Crippen LogP contribution >= 0.6 is 11.8 Å². The number of hydrogen-bond acceptors (Lipinski definition) is 8. The fourth-order valence-corrected chi connectivity index (χ4v) is 5.35. The lowest BCUT2D eigenvalue weighted by Gasteiger charge is -2.26. The van der Waals surface area contributed by atoms with Gasteiger partial charge in [0.05, 0.1) is 23.4 Å². The number of fused-ring (bicyclic) bond motifs is 1. The zero-order chi connectivity index (χ0) is 30.7. The molecule has 220 valence electrons. The Morgan fingerprint density at radius 2 is 1.95 bits per heavy atom. The summed E-state index contributed by atoms with van der Waals surface area (Å²) in [6.07, 6.45) is 4.94. The van der Waals surface area contributed by atoms with E-state index in [1.54, 1.807) is 31.6 Å². The fraction of sp³-hybridized carbons (Fsp3) is 0.133. The number of pyridine rings is 2. The Kier molecular flexibility index (Phi) is 8.55. The van der Waals surface area contributed by atoms with E-state index in [1.807, 2.05) is 0 Å². The molecule has 5 aromatic rings. The molecule has 0 radical (unpaired) electrons. The Morgan fingerprint density at radius 3 is 2.63 bits per heavy atom. The van der Waals surface area contributed by atoms with E-state index in [0.717, 1.165) is 6.07 Å². The van der Waals surface area contributed by atoms with E-state index in [4.69, 9.17) is 4.74 Å². The van der Waals surface area contributed by atoms with Crippen LogP contribution < -0.4 is 20.5 Å². The Bertz CT molecular complexity index is 1890. The zero-order valence-corrected chi connectivity index (χ0v) is 23.9. The second-order valence-corrected chi connectivity index (χ2v) is 10.0. The highest BCUT2D eigenvalue weighted by molar-refractivity contribution is 7.98. The van der Waals surface area contributed by atoms with Crippen molar-refractivity contribution in [3.63, 3.8) is 0 Å². The molecule has 0 atom stereocenters. The van der Waals surface area contributed by atoms with E-state index in [0.29, 0.717) is 27.5 Å². The second-order valence-electron chi connectivity index (χ2n) is 9.25. The summed E-state index contributed by atoms with van der Waals surface area (Å²) in [6, 6.07) is 12.4. The number of thioether (sulfide) groups is 1. The summed E-state index contributed by atoms with van der Waals surface area (Å²) in [5.41, 5.74) is 0.218. The summed E-state index contributed by atoms with van der Waals surface area (Å²) in [5.74, 6) is -1.81. The van der Waals surface area contributed by atoms with E-state index >= 15 is 4.39 Å².